The van der Waals surface area contributed by atoms with Gasteiger partial charge in [0.25, 0.3) is 0 Å². The summed E-state index contributed by atoms with van der Waals surface area (Å²) < 4.78 is 30.8. The number of unbranched alkanes of at least 4 members (excludes halogenated alkanes) is 1. The highest BCUT2D eigenvalue weighted by Crippen LogP contribution is 2.18. The molecule has 5 nitrogen and oxygen atoms in total. The fourth-order valence-corrected chi connectivity index (χ4v) is 3.04. The molecule has 0 heterocycles. The van der Waals surface area contributed by atoms with Crippen molar-refractivity contribution in [3.05, 3.63) is 0 Å². The number of hydrogen-bond acceptors (Lipinski definition) is 4. The molecule has 2 N–H and O–H groups in total. The smallest absolute Gasteiger partial charge is 0.211 e. The lowest BCUT2D eigenvalue weighted by Gasteiger charge is -2.13. The van der Waals surface area contributed by atoms with Crippen molar-refractivity contribution in [2.45, 2.75) is 44.7 Å². The highest BCUT2D eigenvalue weighted by Gasteiger charge is 2.19. The summed E-state index contributed by atoms with van der Waals surface area (Å²) in [4.78, 5) is 0. The van der Waals surface area contributed by atoms with E-state index in [1.54, 1.807) is 14.0 Å². The molecule has 0 aliphatic heterocycles. The van der Waals surface area contributed by atoms with E-state index in [4.69, 9.17) is 4.74 Å². The second kappa shape index (κ2) is 7.31. The van der Waals surface area contributed by atoms with Crippen LogP contribution in [0.15, 0.2) is 0 Å². The maximum atomic E-state index is 11.6. The van der Waals surface area contributed by atoms with Crippen molar-refractivity contribution < 1.29 is 13.2 Å². The lowest BCUT2D eigenvalue weighted by Crippen LogP contribution is -2.37. The van der Waals surface area contributed by atoms with Gasteiger partial charge in [-0.3, -0.25) is 0 Å². The third-order valence-electron chi connectivity index (χ3n) is 2.65. The van der Waals surface area contributed by atoms with Crippen LogP contribution in [0.2, 0.25) is 0 Å². The second-order valence-electron chi connectivity index (χ2n) is 4.73. The Morgan fingerprint density at radius 1 is 1.35 bits per heavy atom. The number of sulfonamides is 1. The lowest BCUT2D eigenvalue weighted by atomic mass is 10.3. The normalized spacial score (nSPS) is 18.2. The van der Waals surface area contributed by atoms with E-state index in [2.05, 4.69) is 10.0 Å². The van der Waals surface area contributed by atoms with Gasteiger partial charge >= 0.3 is 0 Å². The van der Waals surface area contributed by atoms with Crippen molar-refractivity contribution in [1.29, 1.82) is 0 Å². The van der Waals surface area contributed by atoms with Crippen molar-refractivity contribution in [1.82, 2.24) is 10.0 Å². The zero-order valence-electron chi connectivity index (χ0n) is 10.7. The third-order valence-corrected chi connectivity index (χ3v) is 4.24. The zero-order valence-corrected chi connectivity index (χ0v) is 11.6. The molecular weight excluding hydrogens is 240 g/mol. The third kappa shape index (κ3) is 7.70. The SMILES string of the molecule is COCC(C)NS(=O)(=O)CCCCNC1CC1. The monoisotopic (exact) mass is 264 g/mol. The zero-order chi connectivity index (χ0) is 12.7. The van der Waals surface area contributed by atoms with Crippen LogP contribution in [0.4, 0.5) is 0 Å². The molecule has 102 valence electrons. The van der Waals surface area contributed by atoms with Crippen LogP contribution in [0.5, 0.6) is 0 Å². The molecule has 1 aliphatic rings. The van der Waals surface area contributed by atoms with Crippen LogP contribution in [-0.2, 0) is 14.8 Å². The van der Waals surface area contributed by atoms with Gasteiger partial charge in [0.05, 0.1) is 12.4 Å². The first-order valence-electron chi connectivity index (χ1n) is 6.26. The molecule has 0 spiro atoms. The summed E-state index contributed by atoms with van der Waals surface area (Å²) in [5, 5.41) is 3.37. The van der Waals surface area contributed by atoms with Gasteiger partial charge in [-0.1, -0.05) is 0 Å². The summed E-state index contributed by atoms with van der Waals surface area (Å²) in [6.07, 6.45) is 4.16. The average Bonchev–Trinajstić information content (AvgIpc) is 3.00. The van der Waals surface area contributed by atoms with E-state index in [-0.39, 0.29) is 11.8 Å². The predicted molar refractivity (Wildman–Crippen MR) is 68.5 cm³/mol. The van der Waals surface area contributed by atoms with Crippen LogP contribution in [-0.4, -0.2) is 46.5 Å². The summed E-state index contributed by atoms with van der Waals surface area (Å²) in [6, 6.07) is 0.543. The largest absolute Gasteiger partial charge is 0.383 e. The van der Waals surface area contributed by atoms with Gasteiger partial charge in [-0.25, -0.2) is 13.1 Å². The van der Waals surface area contributed by atoms with Gasteiger partial charge in [0.1, 0.15) is 0 Å². The van der Waals surface area contributed by atoms with Gasteiger partial charge < -0.3 is 10.1 Å². The molecule has 0 saturated heterocycles. The Morgan fingerprint density at radius 2 is 2.06 bits per heavy atom. The minimum Gasteiger partial charge on any atom is -0.383 e. The number of ether oxygens (including phenoxy) is 1. The predicted octanol–water partition coefficient (Wildman–Crippen LogP) is 0.473. The Labute approximate surface area is 104 Å². The number of nitrogens with one attached hydrogen (secondary N) is 2. The van der Waals surface area contributed by atoms with E-state index in [0.29, 0.717) is 19.1 Å². The molecule has 1 aliphatic carbocycles. The van der Waals surface area contributed by atoms with Gasteiger partial charge in [-0.05, 0) is 39.2 Å². The minimum atomic E-state index is -3.15. The van der Waals surface area contributed by atoms with Crippen molar-refractivity contribution in [3.8, 4) is 0 Å². The van der Waals surface area contributed by atoms with Crippen LogP contribution >= 0.6 is 0 Å². The second-order valence-corrected chi connectivity index (χ2v) is 6.60. The fraction of sp³-hybridized carbons (Fsp3) is 1.00. The molecule has 1 unspecified atom stereocenters. The van der Waals surface area contributed by atoms with E-state index in [0.717, 1.165) is 13.0 Å². The maximum Gasteiger partial charge on any atom is 0.211 e. The van der Waals surface area contributed by atoms with Crippen LogP contribution < -0.4 is 10.0 Å². The van der Waals surface area contributed by atoms with Crippen LogP contribution in [0, 0.1) is 0 Å². The van der Waals surface area contributed by atoms with Crippen LogP contribution in [0.1, 0.15) is 32.6 Å². The molecule has 17 heavy (non-hydrogen) atoms. The van der Waals surface area contributed by atoms with E-state index in [1.807, 2.05) is 0 Å². The summed E-state index contributed by atoms with van der Waals surface area (Å²) in [7, 11) is -1.58. The molecule has 1 rings (SSSR count). The van der Waals surface area contributed by atoms with E-state index in [9.17, 15) is 8.42 Å². The first-order chi connectivity index (χ1) is 8.03. The van der Waals surface area contributed by atoms with Crippen LogP contribution in [0.3, 0.4) is 0 Å². The molecule has 1 fully saturated rings. The topological polar surface area (TPSA) is 67.4 Å². The molecule has 0 amide bonds. The van der Waals surface area contributed by atoms with E-state index in [1.165, 1.54) is 12.8 Å². The Morgan fingerprint density at radius 3 is 2.65 bits per heavy atom. The first-order valence-corrected chi connectivity index (χ1v) is 7.91. The highest BCUT2D eigenvalue weighted by molar-refractivity contribution is 7.89. The maximum absolute atomic E-state index is 11.6. The van der Waals surface area contributed by atoms with E-state index < -0.39 is 10.0 Å². The minimum absolute atomic E-state index is 0.158. The Balaban J connectivity index is 2.05. The standard InChI is InChI=1S/C11H24N2O3S/c1-10(9-16-2)13-17(14,15)8-4-3-7-12-11-5-6-11/h10-13H,3-9H2,1-2H3. The number of rotatable bonds is 10. The fourth-order valence-electron chi connectivity index (χ4n) is 1.66. The van der Waals surface area contributed by atoms with Gasteiger partial charge in [-0.2, -0.15) is 0 Å². The molecule has 1 saturated carbocycles. The number of methoxy groups -OCH3 is 1. The number of hydrogen-bond donors (Lipinski definition) is 2. The van der Waals surface area contributed by atoms with Crippen molar-refractivity contribution >= 4 is 10.0 Å². The van der Waals surface area contributed by atoms with E-state index >= 15 is 0 Å². The molecule has 1 atom stereocenters. The highest BCUT2D eigenvalue weighted by atomic mass is 32.2. The van der Waals surface area contributed by atoms with Gasteiger partial charge in [0, 0.05) is 19.2 Å². The summed E-state index contributed by atoms with van der Waals surface area (Å²) in [6.45, 7) is 3.13. The van der Waals surface area contributed by atoms with Crippen molar-refractivity contribution in [2.75, 3.05) is 26.0 Å². The quantitative estimate of drug-likeness (QED) is 0.563. The van der Waals surface area contributed by atoms with Crippen molar-refractivity contribution in [3.63, 3.8) is 0 Å². The summed E-state index contributed by atoms with van der Waals surface area (Å²) >= 11 is 0. The summed E-state index contributed by atoms with van der Waals surface area (Å²) in [5.74, 6) is 0.202. The van der Waals surface area contributed by atoms with Crippen LogP contribution in [0.25, 0.3) is 0 Å². The molecule has 0 bridgehead atoms. The molecule has 0 aromatic heterocycles. The molecule has 0 aromatic carbocycles. The van der Waals surface area contributed by atoms with Gasteiger partial charge in [0.15, 0.2) is 0 Å². The Hall–Kier alpha value is -0.170. The lowest BCUT2D eigenvalue weighted by molar-refractivity contribution is 0.180. The Kier molecular flexibility index (Phi) is 6.40. The first kappa shape index (κ1) is 14.9. The summed E-state index contributed by atoms with van der Waals surface area (Å²) in [5.41, 5.74) is 0. The molecule has 6 heteroatoms. The van der Waals surface area contributed by atoms with Gasteiger partial charge in [-0.15, -0.1) is 0 Å². The van der Waals surface area contributed by atoms with Crippen molar-refractivity contribution in [2.24, 2.45) is 0 Å². The Bertz CT molecular complexity index is 302. The molecular formula is C11H24N2O3S. The molecule has 0 radical (unpaired) electrons. The molecule has 0 aromatic rings. The average molecular weight is 264 g/mol. The van der Waals surface area contributed by atoms with Gasteiger partial charge in [0.2, 0.25) is 10.0 Å².